The van der Waals surface area contributed by atoms with Crippen LogP contribution in [0.3, 0.4) is 0 Å². The monoisotopic (exact) mass is 450 g/mol. The molecule has 0 saturated carbocycles. The van der Waals surface area contributed by atoms with Crippen LogP contribution in [-0.4, -0.2) is 107 Å². The molecule has 0 amide bonds. The van der Waals surface area contributed by atoms with Gasteiger partial charge in [-0.15, -0.1) is 0 Å². The van der Waals surface area contributed by atoms with Gasteiger partial charge in [0.1, 0.15) is 12.2 Å². The highest BCUT2D eigenvalue weighted by Gasteiger charge is 2.40. The number of aliphatic hydroxyl groups is 4. The fourth-order valence-corrected chi connectivity index (χ4v) is 4.80. The summed E-state index contributed by atoms with van der Waals surface area (Å²) in [6.45, 7) is 9.26. The average molecular weight is 451 g/mol. The number of aliphatic hydroxyl groups excluding tert-OH is 4. The molecule has 0 radical (unpaired) electrons. The van der Waals surface area contributed by atoms with Gasteiger partial charge in [0.05, 0.1) is 18.8 Å². The first kappa shape index (κ1) is 25.4. The maximum absolute atomic E-state index is 10.1. The molecule has 0 bridgehead atoms. The van der Waals surface area contributed by atoms with Crippen molar-refractivity contribution in [2.24, 2.45) is 0 Å². The molecule has 0 aromatic heterocycles. The summed E-state index contributed by atoms with van der Waals surface area (Å²) in [7, 11) is 0. The van der Waals surface area contributed by atoms with Crippen LogP contribution in [0.15, 0.2) is 18.2 Å². The van der Waals surface area contributed by atoms with Crippen LogP contribution in [0.5, 0.6) is 0 Å². The number of aryl methyl sites for hydroxylation is 1. The number of likely N-dealkylation sites (tertiary alicyclic amines) is 1. The van der Waals surface area contributed by atoms with Crippen molar-refractivity contribution in [1.29, 1.82) is 0 Å². The molecule has 6 N–H and O–H groups in total. The number of unbranched alkanes of at least 4 members (excludes halogenated alkanes) is 3. The Kier molecular flexibility index (Phi) is 10.2. The van der Waals surface area contributed by atoms with Gasteiger partial charge < -0.3 is 31.1 Å². The van der Waals surface area contributed by atoms with Crippen LogP contribution in [-0.2, 0) is 6.54 Å². The van der Waals surface area contributed by atoms with Gasteiger partial charge in [-0.05, 0) is 43.5 Å². The molecule has 2 aliphatic heterocycles. The second-order valence-electron chi connectivity index (χ2n) is 9.31. The first-order valence-electron chi connectivity index (χ1n) is 12.1. The minimum absolute atomic E-state index is 0.220. The molecule has 0 aliphatic carbocycles. The molecule has 0 unspecified atom stereocenters. The maximum Gasteiger partial charge on any atom is 0.109 e. The van der Waals surface area contributed by atoms with Gasteiger partial charge in [-0.1, -0.05) is 25.0 Å². The topological polar surface area (TPSA) is 111 Å². The normalized spacial score (nSPS) is 27.5. The summed E-state index contributed by atoms with van der Waals surface area (Å²) < 4.78 is 0. The number of anilines is 1. The number of nitrogens with zero attached hydrogens (tertiary/aromatic N) is 2. The second kappa shape index (κ2) is 12.8. The third-order valence-electron chi connectivity index (χ3n) is 6.81. The summed E-state index contributed by atoms with van der Waals surface area (Å²) in [5, 5.41) is 46.2. The molecule has 0 spiro atoms. The van der Waals surface area contributed by atoms with Crippen LogP contribution in [0.1, 0.15) is 36.8 Å². The van der Waals surface area contributed by atoms with Crippen molar-refractivity contribution in [3.05, 3.63) is 29.3 Å². The predicted octanol–water partition coefficient (Wildman–Crippen LogP) is 0.132. The van der Waals surface area contributed by atoms with Gasteiger partial charge in [0.2, 0.25) is 0 Å². The number of piperazine rings is 1. The zero-order valence-corrected chi connectivity index (χ0v) is 19.4. The predicted molar refractivity (Wildman–Crippen MR) is 127 cm³/mol. The van der Waals surface area contributed by atoms with E-state index in [1.165, 1.54) is 16.8 Å². The number of piperidine rings is 1. The Labute approximate surface area is 192 Å². The smallest absolute Gasteiger partial charge is 0.109 e. The van der Waals surface area contributed by atoms with E-state index >= 15 is 0 Å². The lowest BCUT2D eigenvalue weighted by atomic mass is 9.94. The summed E-state index contributed by atoms with van der Waals surface area (Å²) >= 11 is 0. The number of benzene rings is 1. The van der Waals surface area contributed by atoms with E-state index in [4.69, 9.17) is 0 Å². The summed E-state index contributed by atoms with van der Waals surface area (Å²) in [5.74, 6) is 0. The first-order valence-corrected chi connectivity index (χ1v) is 12.1. The minimum Gasteiger partial charge on any atom is -0.395 e. The number of β-amino-alcohol motifs (C(OH)–C–C–N with tert-alkyl or cyclic N) is 1. The Hall–Kier alpha value is -1.26. The van der Waals surface area contributed by atoms with Crippen molar-refractivity contribution in [2.45, 2.75) is 63.5 Å². The van der Waals surface area contributed by atoms with Gasteiger partial charge in [0, 0.05) is 51.5 Å². The number of rotatable bonds is 11. The first-order chi connectivity index (χ1) is 15.5. The van der Waals surface area contributed by atoms with Gasteiger partial charge in [-0.25, -0.2) is 0 Å². The summed E-state index contributed by atoms with van der Waals surface area (Å²) in [5.41, 5.74) is 3.86. The number of nitrogens with one attached hydrogen (secondary N) is 2. The van der Waals surface area contributed by atoms with E-state index < -0.39 is 24.4 Å². The highest BCUT2D eigenvalue weighted by atomic mass is 16.4. The van der Waals surface area contributed by atoms with Gasteiger partial charge in [-0.3, -0.25) is 9.80 Å². The Morgan fingerprint density at radius 2 is 1.78 bits per heavy atom. The van der Waals surface area contributed by atoms with Gasteiger partial charge in [-0.2, -0.15) is 0 Å². The molecule has 1 aromatic rings. The van der Waals surface area contributed by atoms with E-state index in [1.54, 1.807) is 0 Å². The summed E-state index contributed by atoms with van der Waals surface area (Å²) in [6, 6.07) is 6.21. The van der Waals surface area contributed by atoms with Crippen molar-refractivity contribution >= 4 is 5.69 Å². The third kappa shape index (κ3) is 7.12. The lowest BCUT2D eigenvalue weighted by Gasteiger charge is -2.43. The highest BCUT2D eigenvalue weighted by molar-refractivity contribution is 5.52. The van der Waals surface area contributed by atoms with Crippen molar-refractivity contribution in [3.63, 3.8) is 0 Å². The fraction of sp³-hybridized carbons (Fsp3) is 0.750. The SMILES string of the molecule is Cc1cc(CN2CCNCC2)ccc1NCCCCCCN1C[C@H](O)[C@@H](O)[C@H](O)[C@H]1CO. The molecular formula is C24H42N4O4. The molecule has 2 heterocycles. The lowest BCUT2D eigenvalue weighted by molar-refractivity contribution is -0.145. The molecule has 32 heavy (non-hydrogen) atoms. The average Bonchev–Trinajstić information content (AvgIpc) is 2.79. The number of hydrogen-bond donors (Lipinski definition) is 6. The van der Waals surface area contributed by atoms with E-state index in [1.807, 2.05) is 4.90 Å². The molecule has 2 aliphatic rings. The van der Waals surface area contributed by atoms with E-state index in [-0.39, 0.29) is 13.2 Å². The van der Waals surface area contributed by atoms with Crippen molar-refractivity contribution in [3.8, 4) is 0 Å². The van der Waals surface area contributed by atoms with E-state index in [9.17, 15) is 20.4 Å². The zero-order chi connectivity index (χ0) is 22.9. The molecule has 2 fully saturated rings. The van der Waals surface area contributed by atoms with Crippen molar-refractivity contribution < 1.29 is 20.4 Å². The van der Waals surface area contributed by atoms with E-state index in [0.29, 0.717) is 6.54 Å². The Morgan fingerprint density at radius 3 is 2.50 bits per heavy atom. The fourth-order valence-electron chi connectivity index (χ4n) is 4.80. The number of hydrogen-bond acceptors (Lipinski definition) is 8. The third-order valence-corrected chi connectivity index (χ3v) is 6.81. The standard InChI is InChI=1S/C24H42N4O4/c1-18-14-19(15-27-12-9-25-10-13-27)6-7-20(18)26-8-4-2-3-5-11-28-16-22(30)24(32)23(31)21(28)17-29/h6-7,14,21-26,29-32H,2-5,8-13,15-17H2,1H3/t21-,22+,23-,24-/m1/s1. The Balaban J connectivity index is 1.31. The Bertz CT molecular complexity index is 686. The summed E-state index contributed by atoms with van der Waals surface area (Å²) in [6.07, 6.45) is 0.893. The van der Waals surface area contributed by atoms with E-state index in [0.717, 1.165) is 65.0 Å². The zero-order valence-electron chi connectivity index (χ0n) is 19.4. The maximum atomic E-state index is 10.1. The molecule has 2 saturated heterocycles. The molecule has 4 atom stereocenters. The molecule has 8 nitrogen and oxygen atoms in total. The molecule has 182 valence electrons. The van der Waals surface area contributed by atoms with Crippen molar-refractivity contribution in [1.82, 2.24) is 15.1 Å². The molecule has 1 aromatic carbocycles. The molecular weight excluding hydrogens is 408 g/mol. The minimum atomic E-state index is -1.19. The van der Waals surface area contributed by atoms with Gasteiger partial charge >= 0.3 is 0 Å². The quantitative estimate of drug-likeness (QED) is 0.264. The largest absolute Gasteiger partial charge is 0.395 e. The second-order valence-corrected chi connectivity index (χ2v) is 9.31. The Morgan fingerprint density at radius 1 is 1.03 bits per heavy atom. The van der Waals surface area contributed by atoms with Crippen LogP contribution >= 0.6 is 0 Å². The van der Waals surface area contributed by atoms with Crippen molar-refractivity contribution in [2.75, 3.05) is 57.7 Å². The van der Waals surface area contributed by atoms with Gasteiger partial charge in [0.15, 0.2) is 0 Å². The van der Waals surface area contributed by atoms with Crippen LogP contribution in [0, 0.1) is 6.92 Å². The summed E-state index contributed by atoms with van der Waals surface area (Å²) in [4.78, 5) is 4.39. The van der Waals surface area contributed by atoms with Crippen LogP contribution in [0.25, 0.3) is 0 Å². The lowest BCUT2D eigenvalue weighted by Crippen LogP contribution is -2.62. The molecule has 8 heteroatoms. The highest BCUT2D eigenvalue weighted by Crippen LogP contribution is 2.20. The van der Waals surface area contributed by atoms with E-state index in [2.05, 4.69) is 40.7 Å². The van der Waals surface area contributed by atoms with Gasteiger partial charge in [0.25, 0.3) is 0 Å². The molecule has 3 rings (SSSR count). The van der Waals surface area contributed by atoms with Crippen LogP contribution in [0.2, 0.25) is 0 Å². The van der Waals surface area contributed by atoms with Crippen LogP contribution in [0.4, 0.5) is 5.69 Å². The van der Waals surface area contributed by atoms with Crippen LogP contribution < -0.4 is 10.6 Å².